The monoisotopic (exact) mass is 476 g/mol. The number of hydrogen-bond acceptors (Lipinski definition) is 5. The van der Waals surface area contributed by atoms with Crippen molar-refractivity contribution in [1.82, 2.24) is 9.55 Å². The van der Waals surface area contributed by atoms with E-state index in [0.29, 0.717) is 23.0 Å². The van der Waals surface area contributed by atoms with Crippen LogP contribution in [0.3, 0.4) is 0 Å². The van der Waals surface area contributed by atoms with Gasteiger partial charge in [-0.3, -0.25) is 4.79 Å². The summed E-state index contributed by atoms with van der Waals surface area (Å²) in [5.41, 5.74) is 7.12. The normalized spacial score (nSPS) is 15.0. The number of aromatic nitrogens is 2. The number of fused-ring (bicyclic) bond motifs is 1. The van der Waals surface area contributed by atoms with Crippen molar-refractivity contribution in [2.75, 3.05) is 18.6 Å². The van der Waals surface area contributed by atoms with Crippen LogP contribution in [-0.2, 0) is 7.05 Å². The highest BCUT2D eigenvalue weighted by atomic mass is 16.5. The van der Waals surface area contributed by atoms with E-state index in [2.05, 4.69) is 46.3 Å². The van der Waals surface area contributed by atoms with E-state index in [1.807, 2.05) is 18.2 Å². The van der Waals surface area contributed by atoms with Gasteiger partial charge in [0.25, 0.3) is 5.56 Å². The first-order chi connectivity index (χ1) is 17.6. The fourth-order valence-electron chi connectivity index (χ4n) is 4.98. The number of hydrogen-bond donors (Lipinski definition) is 0. The minimum atomic E-state index is -0.0903. The quantitative estimate of drug-likeness (QED) is 0.332. The van der Waals surface area contributed by atoms with Crippen LogP contribution >= 0.6 is 0 Å². The molecule has 0 bridgehead atoms. The lowest BCUT2D eigenvalue weighted by Gasteiger charge is -2.27. The second kappa shape index (κ2) is 8.83. The lowest BCUT2D eigenvalue weighted by Crippen LogP contribution is -2.25. The van der Waals surface area contributed by atoms with Gasteiger partial charge in [0.2, 0.25) is 0 Å². The van der Waals surface area contributed by atoms with Crippen molar-refractivity contribution in [2.45, 2.75) is 31.6 Å². The predicted octanol–water partition coefficient (Wildman–Crippen LogP) is 5.91. The van der Waals surface area contributed by atoms with Gasteiger partial charge in [0.1, 0.15) is 23.0 Å². The minimum Gasteiger partial charge on any atom is -0.497 e. The Morgan fingerprint density at radius 1 is 1.08 bits per heavy atom. The number of rotatable bonds is 7. The maximum absolute atomic E-state index is 13.0. The van der Waals surface area contributed by atoms with E-state index in [4.69, 9.17) is 4.74 Å². The van der Waals surface area contributed by atoms with Crippen LogP contribution in [0.5, 0.6) is 5.75 Å². The van der Waals surface area contributed by atoms with Gasteiger partial charge in [-0.25, -0.2) is 4.98 Å². The highest BCUT2D eigenvalue weighted by molar-refractivity contribution is 5.91. The Balaban J connectivity index is 1.55. The molecule has 0 atom stereocenters. The van der Waals surface area contributed by atoms with E-state index in [-0.39, 0.29) is 5.56 Å². The number of nitriles is 1. The molecule has 2 aromatic heterocycles. The third kappa shape index (κ3) is 4.11. The summed E-state index contributed by atoms with van der Waals surface area (Å²) in [5.74, 6) is 1.99. The Morgan fingerprint density at radius 2 is 1.92 bits per heavy atom. The lowest BCUT2D eigenvalue weighted by molar-refractivity contribution is 0.415. The second-order valence-electron chi connectivity index (χ2n) is 9.93. The number of nitrogens with zero attached hydrogens (tertiary/aromatic N) is 4. The zero-order valence-corrected chi connectivity index (χ0v) is 20.6. The topological polar surface area (TPSA) is 71.2 Å². The molecule has 180 valence electrons. The van der Waals surface area contributed by atoms with Crippen LogP contribution in [0.15, 0.2) is 65.5 Å². The second-order valence-corrected chi connectivity index (χ2v) is 9.93. The van der Waals surface area contributed by atoms with Crippen LogP contribution in [0.25, 0.3) is 22.2 Å². The molecule has 2 aliphatic carbocycles. The average molecular weight is 477 g/mol. The summed E-state index contributed by atoms with van der Waals surface area (Å²) >= 11 is 0. The first-order valence-electron chi connectivity index (χ1n) is 12.5. The standard InChI is InChI=1S/C30H28N4O2/c1-33-27-13-10-22(17-31)32-30(27)28(16-29(33)35)34(18-19-6-7-19)23-11-12-25(20-8-9-20)26(15-23)21-4-3-5-24(14-21)36-2/h3-5,10-16,19-20H,6-9,18H2,1-2H3. The first kappa shape index (κ1) is 22.4. The number of benzene rings is 2. The van der Waals surface area contributed by atoms with Gasteiger partial charge in [-0.15, -0.1) is 0 Å². The molecule has 2 aromatic carbocycles. The highest BCUT2D eigenvalue weighted by Crippen LogP contribution is 2.47. The van der Waals surface area contributed by atoms with Crippen LogP contribution in [0, 0.1) is 17.2 Å². The van der Waals surface area contributed by atoms with Gasteiger partial charge in [0.05, 0.1) is 18.3 Å². The van der Waals surface area contributed by atoms with E-state index in [1.54, 1.807) is 30.9 Å². The smallest absolute Gasteiger partial charge is 0.252 e. The maximum atomic E-state index is 13.0. The maximum Gasteiger partial charge on any atom is 0.252 e. The first-order valence-corrected chi connectivity index (χ1v) is 12.5. The molecule has 4 aromatic rings. The molecule has 0 saturated heterocycles. The van der Waals surface area contributed by atoms with Gasteiger partial charge >= 0.3 is 0 Å². The molecule has 0 unspecified atom stereocenters. The average Bonchev–Trinajstić information content (AvgIpc) is 3.84. The van der Waals surface area contributed by atoms with Crippen molar-refractivity contribution in [3.8, 4) is 22.9 Å². The highest BCUT2D eigenvalue weighted by Gasteiger charge is 2.30. The van der Waals surface area contributed by atoms with Gasteiger partial charge in [0.15, 0.2) is 0 Å². The molecule has 2 fully saturated rings. The molecule has 0 radical (unpaired) electrons. The molecule has 6 heteroatoms. The molecule has 2 saturated carbocycles. The van der Waals surface area contributed by atoms with E-state index in [9.17, 15) is 10.1 Å². The fourth-order valence-corrected chi connectivity index (χ4v) is 4.98. The van der Waals surface area contributed by atoms with Gasteiger partial charge in [0, 0.05) is 25.3 Å². The van der Waals surface area contributed by atoms with E-state index in [1.165, 1.54) is 36.8 Å². The summed E-state index contributed by atoms with van der Waals surface area (Å²) in [6.45, 7) is 0.807. The number of methoxy groups -OCH3 is 1. The summed E-state index contributed by atoms with van der Waals surface area (Å²) in [6, 6.07) is 22.2. The van der Waals surface area contributed by atoms with Gasteiger partial charge in [-0.2, -0.15) is 5.26 Å². The van der Waals surface area contributed by atoms with Crippen molar-refractivity contribution in [1.29, 1.82) is 5.26 Å². The van der Waals surface area contributed by atoms with Crippen molar-refractivity contribution < 1.29 is 4.74 Å². The third-order valence-electron chi connectivity index (χ3n) is 7.36. The summed E-state index contributed by atoms with van der Waals surface area (Å²) < 4.78 is 7.11. The summed E-state index contributed by atoms with van der Waals surface area (Å²) in [5, 5.41) is 9.51. The molecular weight excluding hydrogens is 448 g/mol. The van der Waals surface area contributed by atoms with Crippen LogP contribution < -0.4 is 15.2 Å². The SMILES string of the molecule is COc1cccc(-c2cc(N(CC3CC3)c3cc(=O)n(C)c4ccc(C#N)nc34)ccc2C2CC2)c1. The lowest BCUT2D eigenvalue weighted by atomic mass is 9.95. The van der Waals surface area contributed by atoms with Crippen LogP contribution in [0.1, 0.15) is 42.9 Å². The number of anilines is 2. The van der Waals surface area contributed by atoms with Gasteiger partial charge in [-0.1, -0.05) is 18.2 Å². The Labute approximate surface area is 210 Å². The molecule has 36 heavy (non-hydrogen) atoms. The molecular formula is C30H28N4O2. The van der Waals surface area contributed by atoms with E-state index < -0.39 is 0 Å². The van der Waals surface area contributed by atoms with Gasteiger partial charge < -0.3 is 14.2 Å². The molecule has 0 spiro atoms. The molecule has 0 N–H and O–H groups in total. The Morgan fingerprint density at radius 3 is 2.64 bits per heavy atom. The molecule has 2 heterocycles. The third-order valence-corrected chi connectivity index (χ3v) is 7.36. The van der Waals surface area contributed by atoms with Crippen molar-refractivity contribution >= 4 is 22.4 Å². The van der Waals surface area contributed by atoms with Crippen LogP contribution in [0.4, 0.5) is 11.4 Å². The molecule has 6 rings (SSSR count). The minimum absolute atomic E-state index is 0.0903. The molecule has 2 aliphatic rings. The van der Waals surface area contributed by atoms with E-state index >= 15 is 0 Å². The fraction of sp³-hybridized carbons (Fsp3) is 0.300. The summed E-state index contributed by atoms with van der Waals surface area (Å²) in [4.78, 5) is 19.9. The molecule has 0 aliphatic heterocycles. The number of ether oxygens (including phenoxy) is 1. The number of aryl methyl sites for hydroxylation is 1. The van der Waals surface area contributed by atoms with Crippen molar-refractivity contribution in [3.63, 3.8) is 0 Å². The van der Waals surface area contributed by atoms with Gasteiger partial charge in [-0.05, 0) is 90.6 Å². The summed E-state index contributed by atoms with van der Waals surface area (Å²) in [7, 11) is 3.44. The predicted molar refractivity (Wildman–Crippen MR) is 142 cm³/mol. The van der Waals surface area contributed by atoms with Crippen molar-refractivity contribution in [2.24, 2.45) is 13.0 Å². The zero-order valence-electron chi connectivity index (χ0n) is 20.6. The zero-order chi connectivity index (χ0) is 24.8. The van der Waals surface area contributed by atoms with E-state index in [0.717, 1.165) is 34.7 Å². The largest absolute Gasteiger partial charge is 0.497 e. The molecule has 0 amide bonds. The van der Waals surface area contributed by atoms with Crippen molar-refractivity contribution in [3.05, 3.63) is 82.3 Å². The Hall–Kier alpha value is -4.11. The summed E-state index contributed by atoms with van der Waals surface area (Å²) in [6.07, 6.45) is 4.78. The number of pyridine rings is 2. The van der Waals surface area contributed by atoms with Crippen LogP contribution in [-0.4, -0.2) is 23.2 Å². The molecule has 6 nitrogen and oxygen atoms in total. The van der Waals surface area contributed by atoms with Crippen LogP contribution in [0.2, 0.25) is 0 Å². The Kier molecular flexibility index (Phi) is 5.49. The Bertz CT molecular complexity index is 1570.